The molecule has 0 atom stereocenters. The van der Waals surface area contributed by atoms with Crippen LogP contribution in [0.2, 0.25) is 0 Å². The van der Waals surface area contributed by atoms with Gasteiger partial charge < -0.3 is 4.98 Å². The van der Waals surface area contributed by atoms with Crippen molar-refractivity contribution in [1.82, 2.24) is 4.98 Å². The third-order valence-corrected chi connectivity index (χ3v) is 1.24. The molecule has 0 aliphatic heterocycles. The van der Waals surface area contributed by atoms with E-state index < -0.39 is 0 Å². The second-order valence-electron chi connectivity index (χ2n) is 1.90. The smallest absolute Gasteiger partial charge is 0.394 e. The van der Waals surface area contributed by atoms with Crippen molar-refractivity contribution in [2.24, 2.45) is 0 Å². The van der Waals surface area contributed by atoms with Gasteiger partial charge in [0.15, 0.2) is 0 Å². The Balaban J connectivity index is 0. The van der Waals surface area contributed by atoms with E-state index in [1.807, 2.05) is 40.0 Å². The monoisotopic (exact) mass is 175 g/mol. The Labute approximate surface area is 112 Å². The SMILES string of the molecule is CC.Cc1c[c-]ncc1C.[K+]. The zero-order chi connectivity index (χ0) is 7.98. The minimum absolute atomic E-state index is 0. The largest absolute Gasteiger partial charge is 1.00 e. The van der Waals surface area contributed by atoms with Crippen molar-refractivity contribution in [2.75, 3.05) is 0 Å². The van der Waals surface area contributed by atoms with Crippen LogP contribution in [0.4, 0.5) is 0 Å². The molecule has 0 spiro atoms. The fourth-order valence-electron chi connectivity index (χ4n) is 0.484. The Hall–Kier alpha value is 0.786. The van der Waals surface area contributed by atoms with E-state index in [1.165, 1.54) is 11.1 Å². The summed E-state index contributed by atoms with van der Waals surface area (Å²) >= 11 is 0. The van der Waals surface area contributed by atoms with Gasteiger partial charge in [0.2, 0.25) is 0 Å². The van der Waals surface area contributed by atoms with Crippen LogP contribution in [0.1, 0.15) is 25.0 Å². The Bertz CT molecular complexity index is 166. The van der Waals surface area contributed by atoms with Crippen molar-refractivity contribution < 1.29 is 51.4 Å². The molecule has 0 aliphatic rings. The molecule has 0 fully saturated rings. The Morgan fingerprint density at radius 2 is 1.73 bits per heavy atom. The summed E-state index contributed by atoms with van der Waals surface area (Å²) in [6, 6.07) is 1.88. The topological polar surface area (TPSA) is 12.9 Å². The van der Waals surface area contributed by atoms with Crippen LogP contribution in [0.3, 0.4) is 0 Å². The maximum absolute atomic E-state index is 3.82. The summed E-state index contributed by atoms with van der Waals surface area (Å²) in [6.45, 7) is 8.09. The first kappa shape index (κ1) is 14.3. The maximum atomic E-state index is 3.82. The molecule has 11 heavy (non-hydrogen) atoms. The molecule has 0 unspecified atom stereocenters. The molecular formula is C9H14KN. The zero-order valence-corrected chi connectivity index (χ0v) is 11.2. The van der Waals surface area contributed by atoms with Gasteiger partial charge in [-0.3, -0.25) is 0 Å². The Morgan fingerprint density at radius 1 is 1.18 bits per heavy atom. The van der Waals surface area contributed by atoms with E-state index in [4.69, 9.17) is 0 Å². The molecule has 0 aromatic carbocycles. The minimum atomic E-state index is 0. The van der Waals surface area contributed by atoms with E-state index in [-0.39, 0.29) is 51.4 Å². The molecule has 0 bridgehead atoms. The Kier molecular flexibility index (Phi) is 11.6. The van der Waals surface area contributed by atoms with Crippen LogP contribution in [0.5, 0.6) is 0 Å². The molecule has 1 aromatic heterocycles. The number of hydrogen-bond acceptors (Lipinski definition) is 1. The number of aryl methyl sites for hydroxylation is 2. The molecule has 0 radical (unpaired) electrons. The summed E-state index contributed by atoms with van der Waals surface area (Å²) in [6.07, 6.45) is 4.57. The van der Waals surface area contributed by atoms with Crippen molar-refractivity contribution in [3.05, 3.63) is 29.6 Å². The third-order valence-electron chi connectivity index (χ3n) is 1.24. The van der Waals surface area contributed by atoms with Crippen molar-refractivity contribution in [1.29, 1.82) is 0 Å². The predicted octanol–water partition coefficient (Wildman–Crippen LogP) is -0.471. The van der Waals surface area contributed by atoms with Gasteiger partial charge in [0.1, 0.15) is 0 Å². The normalized spacial score (nSPS) is 7.27. The van der Waals surface area contributed by atoms with Gasteiger partial charge in [-0.25, -0.2) is 0 Å². The second-order valence-corrected chi connectivity index (χ2v) is 1.90. The van der Waals surface area contributed by atoms with E-state index in [2.05, 4.69) is 11.2 Å². The fraction of sp³-hybridized carbons (Fsp3) is 0.444. The van der Waals surface area contributed by atoms with E-state index in [0.29, 0.717) is 0 Å². The summed E-state index contributed by atoms with van der Waals surface area (Å²) in [7, 11) is 0. The number of pyridine rings is 1. The summed E-state index contributed by atoms with van der Waals surface area (Å²) < 4.78 is 0. The quantitative estimate of drug-likeness (QED) is 0.384. The summed E-state index contributed by atoms with van der Waals surface area (Å²) in [5.74, 6) is 0. The molecule has 0 saturated carbocycles. The average Bonchev–Trinajstić information content (AvgIpc) is 2.00. The van der Waals surface area contributed by atoms with Gasteiger partial charge in [-0.05, 0) is 0 Å². The number of hydrogen-bond donors (Lipinski definition) is 0. The molecular weight excluding hydrogens is 161 g/mol. The third kappa shape index (κ3) is 5.99. The molecule has 1 heterocycles. The molecule has 0 aliphatic carbocycles. The Morgan fingerprint density at radius 3 is 2.00 bits per heavy atom. The van der Waals surface area contributed by atoms with E-state index in [0.717, 1.165) is 0 Å². The van der Waals surface area contributed by atoms with Crippen molar-refractivity contribution in [3.63, 3.8) is 0 Å². The van der Waals surface area contributed by atoms with Crippen molar-refractivity contribution >= 4 is 0 Å². The summed E-state index contributed by atoms with van der Waals surface area (Å²) in [4.78, 5) is 3.82. The molecule has 0 saturated heterocycles. The van der Waals surface area contributed by atoms with Crippen molar-refractivity contribution in [3.8, 4) is 0 Å². The van der Waals surface area contributed by atoms with Crippen LogP contribution in [0.15, 0.2) is 12.3 Å². The van der Waals surface area contributed by atoms with Crippen LogP contribution in [-0.4, -0.2) is 4.98 Å². The van der Waals surface area contributed by atoms with Crippen LogP contribution >= 0.6 is 0 Å². The summed E-state index contributed by atoms with van der Waals surface area (Å²) in [5, 5.41) is 0. The van der Waals surface area contributed by atoms with Crippen LogP contribution in [0, 0.1) is 20.0 Å². The molecule has 1 nitrogen and oxygen atoms in total. The molecule has 0 N–H and O–H groups in total. The molecule has 0 amide bonds. The average molecular weight is 175 g/mol. The standard InChI is InChI=1S/C7H8N.C2H6.K/c1-6-3-4-8-5-7(6)2;1-2;/h3,5H,1-2H3;1-2H3;/q-1;;+1. The van der Waals surface area contributed by atoms with Gasteiger partial charge >= 0.3 is 51.4 Å². The molecule has 1 rings (SSSR count). The maximum Gasteiger partial charge on any atom is 1.00 e. The van der Waals surface area contributed by atoms with Gasteiger partial charge in [-0.2, -0.15) is 11.6 Å². The first-order chi connectivity index (χ1) is 4.80. The number of rotatable bonds is 0. The first-order valence-electron chi connectivity index (χ1n) is 3.60. The van der Waals surface area contributed by atoms with E-state index >= 15 is 0 Å². The molecule has 2 heteroatoms. The molecule has 1 aromatic rings. The molecule has 56 valence electrons. The minimum Gasteiger partial charge on any atom is -0.394 e. The number of aromatic nitrogens is 1. The van der Waals surface area contributed by atoms with Crippen molar-refractivity contribution in [2.45, 2.75) is 27.7 Å². The first-order valence-corrected chi connectivity index (χ1v) is 3.60. The second kappa shape index (κ2) is 8.88. The van der Waals surface area contributed by atoms with E-state index in [9.17, 15) is 0 Å². The van der Waals surface area contributed by atoms with Gasteiger partial charge in [-0.1, -0.05) is 40.1 Å². The predicted molar refractivity (Wildman–Crippen MR) is 43.9 cm³/mol. The van der Waals surface area contributed by atoms with Crippen LogP contribution in [0.25, 0.3) is 0 Å². The fourth-order valence-corrected chi connectivity index (χ4v) is 0.484. The van der Waals surface area contributed by atoms with E-state index in [1.54, 1.807) is 0 Å². The van der Waals surface area contributed by atoms with Gasteiger partial charge in [0.25, 0.3) is 0 Å². The van der Waals surface area contributed by atoms with Crippen LogP contribution < -0.4 is 51.4 Å². The van der Waals surface area contributed by atoms with Gasteiger partial charge in [0.05, 0.1) is 0 Å². The zero-order valence-electron chi connectivity index (χ0n) is 8.10. The summed E-state index contributed by atoms with van der Waals surface area (Å²) in [5.41, 5.74) is 2.48. The van der Waals surface area contributed by atoms with Crippen LogP contribution in [-0.2, 0) is 0 Å². The van der Waals surface area contributed by atoms with Gasteiger partial charge in [-0.15, -0.1) is 5.56 Å². The number of nitrogens with zero attached hydrogens (tertiary/aromatic N) is 1. The van der Waals surface area contributed by atoms with Gasteiger partial charge in [0, 0.05) is 0 Å².